The standard InChI is InChI=1S/C7H12NO3/c9-4-8-7-3-6-5(11-7)1-2-10-6/h5-8H,1-4H2. The van der Waals surface area contributed by atoms with E-state index < -0.39 is 0 Å². The molecule has 4 nitrogen and oxygen atoms in total. The van der Waals surface area contributed by atoms with Crippen molar-refractivity contribution in [2.24, 2.45) is 0 Å². The topological polar surface area (TPSA) is 50.4 Å². The van der Waals surface area contributed by atoms with E-state index in [-0.39, 0.29) is 25.2 Å². The number of hydrogen-bond acceptors (Lipinski definition) is 3. The first kappa shape index (κ1) is 7.49. The highest BCUT2D eigenvalue weighted by Crippen LogP contribution is 2.28. The molecule has 0 aromatic carbocycles. The molecule has 0 bridgehead atoms. The monoisotopic (exact) mass is 158 g/mol. The van der Waals surface area contributed by atoms with Gasteiger partial charge in [-0.15, -0.1) is 0 Å². The Hall–Kier alpha value is -0.160. The molecule has 2 rings (SSSR count). The van der Waals surface area contributed by atoms with E-state index in [1.807, 2.05) is 0 Å². The van der Waals surface area contributed by atoms with Crippen LogP contribution in [0.5, 0.6) is 0 Å². The lowest BCUT2D eigenvalue weighted by Gasteiger charge is -2.10. The van der Waals surface area contributed by atoms with Crippen LogP contribution in [0.25, 0.3) is 0 Å². The minimum Gasteiger partial charge on any atom is -0.375 e. The summed E-state index contributed by atoms with van der Waals surface area (Å²) in [5, 5.41) is 12.9. The zero-order valence-corrected chi connectivity index (χ0v) is 6.29. The minimum atomic E-state index is -0.274. The van der Waals surface area contributed by atoms with Crippen LogP contribution >= 0.6 is 0 Å². The summed E-state index contributed by atoms with van der Waals surface area (Å²) in [7, 11) is 0. The lowest BCUT2D eigenvalue weighted by atomic mass is 10.2. The highest BCUT2D eigenvalue weighted by atomic mass is 16.6. The van der Waals surface area contributed by atoms with E-state index in [2.05, 4.69) is 5.32 Å². The first-order valence-corrected chi connectivity index (χ1v) is 3.98. The van der Waals surface area contributed by atoms with E-state index in [9.17, 15) is 5.11 Å². The Balaban J connectivity index is 1.84. The molecule has 11 heavy (non-hydrogen) atoms. The Morgan fingerprint density at radius 2 is 2.36 bits per heavy atom. The van der Waals surface area contributed by atoms with Crippen molar-refractivity contribution in [2.45, 2.75) is 31.3 Å². The van der Waals surface area contributed by atoms with Crippen LogP contribution in [0.15, 0.2) is 0 Å². The maximum atomic E-state index is 10.2. The molecule has 0 spiro atoms. The van der Waals surface area contributed by atoms with Crippen LogP contribution in [0.1, 0.15) is 12.8 Å². The quantitative estimate of drug-likeness (QED) is 0.569. The molecular formula is C7H12NO3. The third kappa shape index (κ3) is 1.39. The number of hydrogen-bond donors (Lipinski definition) is 1. The molecule has 2 saturated heterocycles. The average Bonchev–Trinajstić information content (AvgIpc) is 2.46. The maximum absolute atomic E-state index is 10.2. The fourth-order valence-electron chi connectivity index (χ4n) is 1.71. The van der Waals surface area contributed by atoms with Gasteiger partial charge in [0.25, 0.3) is 0 Å². The van der Waals surface area contributed by atoms with Crippen LogP contribution < -0.4 is 5.32 Å². The van der Waals surface area contributed by atoms with Crippen molar-refractivity contribution < 1.29 is 14.6 Å². The summed E-state index contributed by atoms with van der Waals surface area (Å²) >= 11 is 0. The molecule has 2 fully saturated rings. The molecule has 4 heteroatoms. The smallest absolute Gasteiger partial charge is 0.135 e. The minimum absolute atomic E-state index is 0.0669. The lowest BCUT2D eigenvalue weighted by molar-refractivity contribution is 0.00110. The van der Waals surface area contributed by atoms with Crippen LogP contribution in [0.2, 0.25) is 0 Å². The predicted octanol–water partition coefficient (Wildman–Crippen LogP) is -0.132. The van der Waals surface area contributed by atoms with Crippen molar-refractivity contribution in [3.63, 3.8) is 0 Å². The van der Waals surface area contributed by atoms with Gasteiger partial charge in [0.1, 0.15) is 13.0 Å². The second kappa shape index (κ2) is 3.06. The summed E-state index contributed by atoms with van der Waals surface area (Å²) in [5.41, 5.74) is 0. The molecule has 2 heterocycles. The molecule has 0 aliphatic carbocycles. The Kier molecular flexibility index (Phi) is 2.09. The Morgan fingerprint density at radius 3 is 3.09 bits per heavy atom. The van der Waals surface area contributed by atoms with Gasteiger partial charge < -0.3 is 9.47 Å². The summed E-state index contributed by atoms with van der Waals surface area (Å²) in [6.07, 6.45) is 2.20. The Labute approximate surface area is 65.5 Å². The van der Waals surface area contributed by atoms with Gasteiger partial charge in [-0.1, -0.05) is 0 Å². The van der Waals surface area contributed by atoms with Gasteiger partial charge in [0, 0.05) is 13.0 Å². The van der Waals surface area contributed by atoms with E-state index in [1.54, 1.807) is 0 Å². The van der Waals surface area contributed by atoms with Crippen LogP contribution in [0.3, 0.4) is 0 Å². The second-order valence-electron chi connectivity index (χ2n) is 2.95. The summed E-state index contributed by atoms with van der Waals surface area (Å²) in [6.45, 7) is 0.531. The van der Waals surface area contributed by atoms with E-state index in [4.69, 9.17) is 9.47 Å². The Bertz CT molecular complexity index is 130. The van der Waals surface area contributed by atoms with Crippen LogP contribution in [0.4, 0.5) is 0 Å². The molecule has 0 aromatic rings. The predicted molar refractivity (Wildman–Crippen MR) is 36.3 cm³/mol. The maximum Gasteiger partial charge on any atom is 0.135 e. The molecule has 2 aliphatic heterocycles. The van der Waals surface area contributed by atoms with E-state index in [1.165, 1.54) is 0 Å². The van der Waals surface area contributed by atoms with Crippen molar-refractivity contribution in [3.8, 4) is 0 Å². The fraction of sp³-hybridized carbons (Fsp3) is 1.00. The van der Waals surface area contributed by atoms with Crippen molar-refractivity contribution in [3.05, 3.63) is 0 Å². The van der Waals surface area contributed by atoms with E-state index in [0.717, 1.165) is 19.4 Å². The zero-order valence-electron chi connectivity index (χ0n) is 6.29. The molecule has 0 aromatic heterocycles. The van der Waals surface area contributed by atoms with Crippen LogP contribution in [0, 0.1) is 0 Å². The molecule has 63 valence electrons. The van der Waals surface area contributed by atoms with Crippen molar-refractivity contribution >= 4 is 0 Å². The average molecular weight is 158 g/mol. The molecular weight excluding hydrogens is 146 g/mol. The van der Waals surface area contributed by atoms with Crippen LogP contribution in [-0.4, -0.2) is 31.8 Å². The molecule has 3 unspecified atom stereocenters. The van der Waals surface area contributed by atoms with Gasteiger partial charge in [-0.05, 0) is 6.42 Å². The first-order valence-electron chi connectivity index (χ1n) is 3.98. The van der Waals surface area contributed by atoms with Crippen molar-refractivity contribution in [1.82, 2.24) is 5.32 Å². The van der Waals surface area contributed by atoms with E-state index >= 15 is 0 Å². The third-order valence-corrected chi connectivity index (χ3v) is 2.25. The molecule has 0 saturated carbocycles. The molecule has 2 aliphatic rings. The van der Waals surface area contributed by atoms with Gasteiger partial charge in [0.2, 0.25) is 0 Å². The van der Waals surface area contributed by atoms with E-state index in [0.29, 0.717) is 0 Å². The van der Waals surface area contributed by atoms with Crippen molar-refractivity contribution in [1.29, 1.82) is 0 Å². The summed E-state index contributed by atoms with van der Waals surface area (Å²) in [5.74, 6) is 0. The SMILES string of the molecule is [O]CNC1CC2OCCC2O1. The van der Waals surface area contributed by atoms with Gasteiger partial charge in [0.15, 0.2) is 0 Å². The number of fused-ring (bicyclic) bond motifs is 1. The fourth-order valence-corrected chi connectivity index (χ4v) is 1.71. The largest absolute Gasteiger partial charge is 0.375 e. The molecule has 0 amide bonds. The van der Waals surface area contributed by atoms with Gasteiger partial charge in [-0.3, -0.25) is 5.32 Å². The van der Waals surface area contributed by atoms with Gasteiger partial charge in [-0.2, -0.15) is 0 Å². The number of rotatable bonds is 2. The summed E-state index contributed by atoms with van der Waals surface area (Å²) in [6, 6.07) is 0. The Morgan fingerprint density at radius 1 is 1.45 bits per heavy atom. The number of ether oxygens (including phenoxy) is 2. The van der Waals surface area contributed by atoms with Gasteiger partial charge in [0.05, 0.1) is 12.2 Å². The third-order valence-electron chi connectivity index (χ3n) is 2.25. The highest BCUT2D eigenvalue weighted by Gasteiger charge is 2.39. The summed E-state index contributed by atoms with van der Waals surface area (Å²) in [4.78, 5) is 0. The highest BCUT2D eigenvalue weighted by molar-refractivity contribution is 4.85. The zero-order chi connectivity index (χ0) is 7.68. The van der Waals surface area contributed by atoms with Crippen molar-refractivity contribution in [2.75, 3.05) is 13.3 Å². The lowest BCUT2D eigenvalue weighted by Crippen LogP contribution is -2.29. The first-order chi connectivity index (χ1) is 5.40. The normalized spacial score (nSPS) is 42.8. The number of nitrogens with one attached hydrogen (secondary N) is 1. The van der Waals surface area contributed by atoms with Gasteiger partial charge in [-0.25, -0.2) is 5.11 Å². The molecule has 3 atom stereocenters. The molecule has 1 N–H and O–H groups in total. The second-order valence-corrected chi connectivity index (χ2v) is 2.95. The summed E-state index contributed by atoms with van der Waals surface area (Å²) < 4.78 is 10.9. The molecule has 1 radical (unpaired) electrons. The van der Waals surface area contributed by atoms with Gasteiger partial charge >= 0.3 is 0 Å². The van der Waals surface area contributed by atoms with Crippen LogP contribution in [-0.2, 0) is 14.6 Å².